The number of hydrogen-bond donors (Lipinski definition) is 0. The lowest BCUT2D eigenvalue weighted by Gasteiger charge is -2.51. The third kappa shape index (κ3) is 1.81. The summed E-state index contributed by atoms with van der Waals surface area (Å²) in [5, 5.41) is 0. The molecule has 1 aliphatic carbocycles. The van der Waals surface area contributed by atoms with Crippen LogP contribution in [-0.2, 0) is 6.42 Å². The van der Waals surface area contributed by atoms with Gasteiger partial charge in [-0.3, -0.25) is 4.79 Å². The molecule has 2 bridgehead atoms. The van der Waals surface area contributed by atoms with Gasteiger partial charge in [0.2, 0.25) is 0 Å². The Morgan fingerprint density at radius 2 is 2.09 bits per heavy atom. The van der Waals surface area contributed by atoms with Gasteiger partial charge in [-0.15, -0.1) is 0 Å². The van der Waals surface area contributed by atoms with E-state index in [4.69, 9.17) is 2.74 Å². The van der Waals surface area contributed by atoms with E-state index in [0.717, 1.165) is 56.3 Å². The van der Waals surface area contributed by atoms with E-state index in [-0.39, 0.29) is 17.7 Å². The highest BCUT2D eigenvalue weighted by Gasteiger charge is 2.43. The van der Waals surface area contributed by atoms with E-state index < -0.39 is 12.5 Å². The average molecular weight is 300 g/mol. The van der Waals surface area contributed by atoms with Crippen molar-refractivity contribution in [1.82, 2.24) is 9.80 Å². The van der Waals surface area contributed by atoms with Crippen molar-refractivity contribution in [3.05, 3.63) is 34.9 Å². The van der Waals surface area contributed by atoms with Crippen LogP contribution < -0.4 is 0 Å². The highest BCUT2D eigenvalue weighted by Crippen LogP contribution is 2.41. The summed E-state index contributed by atoms with van der Waals surface area (Å²) in [6.07, 6.45) is 4.40. The lowest BCUT2D eigenvalue weighted by molar-refractivity contribution is 0.00258. The molecular formula is C19H24N2O. The predicted octanol–water partition coefficient (Wildman–Crippen LogP) is 2.66. The number of benzene rings is 1. The number of fused-ring (bicyclic) bond motifs is 3. The van der Waals surface area contributed by atoms with E-state index in [2.05, 4.69) is 4.90 Å². The van der Waals surface area contributed by atoms with E-state index in [9.17, 15) is 6.17 Å². The minimum atomic E-state index is -1.79. The number of carbonyl (C=O) groups is 1. The van der Waals surface area contributed by atoms with Gasteiger partial charge in [0.15, 0.2) is 0 Å². The summed E-state index contributed by atoms with van der Waals surface area (Å²) in [5.41, 5.74) is 2.68. The van der Waals surface area contributed by atoms with Crippen molar-refractivity contribution in [2.75, 3.05) is 26.1 Å². The molecule has 6 rings (SSSR count). The molecule has 1 aromatic rings. The molecule has 3 heteroatoms. The normalized spacial score (nSPS) is 44.0. The Bertz CT molecular complexity index is 744. The zero-order chi connectivity index (χ0) is 17.4. The Morgan fingerprint density at radius 1 is 1.23 bits per heavy atom. The third-order valence-electron chi connectivity index (χ3n) is 5.93. The standard InChI is InChI=1S/C19H24N2O/c22-19-16-6-2-4-14-3-1-5-15(18(14)16)11-21(19)17-12-20-9-7-13(17)8-10-20/h2,4,6,13,15,17H,1,3,5,7-12H2/t15-,17?/m1/s1/i11D2,12+1,17D. The van der Waals surface area contributed by atoms with Crippen LogP contribution in [0, 0.1) is 5.92 Å². The van der Waals surface area contributed by atoms with Gasteiger partial charge in [-0.05, 0) is 68.3 Å². The van der Waals surface area contributed by atoms with Gasteiger partial charge in [0, 0.05) is 30.5 Å². The monoisotopic (exact) mass is 300 g/mol. The van der Waals surface area contributed by atoms with E-state index >= 15 is 0 Å². The Balaban J connectivity index is 1.67. The zero-order valence-electron chi connectivity index (χ0n) is 15.8. The first kappa shape index (κ1) is 10.4. The van der Waals surface area contributed by atoms with E-state index in [1.807, 2.05) is 18.2 Å². The van der Waals surface area contributed by atoms with E-state index in [0.29, 0.717) is 12.1 Å². The maximum absolute atomic E-state index is 13.4. The zero-order valence-corrected chi connectivity index (χ0v) is 12.8. The lowest BCUT2D eigenvalue weighted by Crippen LogP contribution is -2.60. The molecule has 0 spiro atoms. The number of amides is 1. The minimum Gasteiger partial charge on any atom is -0.333 e. The predicted molar refractivity (Wildman–Crippen MR) is 86.1 cm³/mol. The smallest absolute Gasteiger partial charge is 0.254 e. The molecule has 1 aromatic carbocycles. The summed E-state index contributed by atoms with van der Waals surface area (Å²) in [7, 11) is 0. The summed E-state index contributed by atoms with van der Waals surface area (Å²) in [6.45, 7) is 0.632. The largest absolute Gasteiger partial charge is 0.333 e. The molecule has 3 saturated heterocycles. The second-order valence-electron chi connectivity index (χ2n) is 7.13. The molecule has 0 radical (unpaired) electrons. The van der Waals surface area contributed by atoms with Crippen LogP contribution in [0.25, 0.3) is 0 Å². The second kappa shape index (κ2) is 4.82. The molecule has 0 saturated carbocycles. The first-order valence-electron chi connectivity index (χ1n) is 10.1. The van der Waals surface area contributed by atoms with Crippen LogP contribution in [0.4, 0.5) is 0 Å². The molecule has 1 amide bonds. The molecular weight excluding hydrogens is 273 g/mol. The summed E-state index contributed by atoms with van der Waals surface area (Å²) in [5.74, 6) is -0.503. The van der Waals surface area contributed by atoms with Gasteiger partial charge in [-0.1, -0.05) is 12.1 Å². The minimum absolute atomic E-state index is 0.0739. The van der Waals surface area contributed by atoms with Crippen molar-refractivity contribution >= 4 is 5.91 Å². The summed E-state index contributed by atoms with van der Waals surface area (Å²) >= 11 is 0. The molecule has 3 nitrogen and oxygen atoms in total. The van der Waals surface area contributed by atoms with Crippen LogP contribution in [0.3, 0.4) is 0 Å². The molecule has 2 atom stereocenters. The van der Waals surface area contributed by atoms with Gasteiger partial charge in [-0.2, -0.15) is 0 Å². The van der Waals surface area contributed by atoms with Gasteiger partial charge in [-0.25, -0.2) is 0 Å². The molecule has 0 aromatic heterocycles. The molecule has 0 N–H and O–H groups in total. The van der Waals surface area contributed by atoms with Crippen LogP contribution in [0.2, 0.25) is 0 Å². The van der Waals surface area contributed by atoms with Crippen molar-refractivity contribution in [1.29, 1.82) is 0 Å². The Labute approximate surface area is 136 Å². The van der Waals surface area contributed by atoms with Crippen LogP contribution in [-0.4, -0.2) is 47.9 Å². The fourth-order valence-corrected chi connectivity index (χ4v) is 4.78. The molecule has 22 heavy (non-hydrogen) atoms. The SMILES string of the molecule is [2H]C1(N2C(=O)c3cccc4c3[C@H](CCC4)C2([2H])[2H])[13CH2]N2CCC1CC2. The van der Waals surface area contributed by atoms with E-state index in [1.165, 1.54) is 4.90 Å². The number of nitrogens with zero attached hydrogens (tertiary/aromatic N) is 2. The number of aryl methyl sites for hydroxylation is 1. The third-order valence-corrected chi connectivity index (χ3v) is 5.93. The topological polar surface area (TPSA) is 23.6 Å². The van der Waals surface area contributed by atoms with Gasteiger partial charge < -0.3 is 9.80 Å². The van der Waals surface area contributed by atoms with Crippen molar-refractivity contribution in [3.8, 4) is 0 Å². The summed E-state index contributed by atoms with van der Waals surface area (Å²) < 4.78 is 27.0. The van der Waals surface area contributed by atoms with Crippen LogP contribution in [0.1, 0.15) is 57.2 Å². The summed E-state index contributed by atoms with van der Waals surface area (Å²) in [6, 6.07) is 4.64. The fraction of sp³-hybridized carbons (Fsp3) is 0.632. The second-order valence-corrected chi connectivity index (χ2v) is 7.13. The van der Waals surface area contributed by atoms with Crippen molar-refractivity contribution < 1.29 is 8.91 Å². The van der Waals surface area contributed by atoms with Crippen LogP contribution in [0.5, 0.6) is 0 Å². The molecule has 4 heterocycles. The van der Waals surface area contributed by atoms with Crippen molar-refractivity contribution in [2.45, 2.75) is 44.0 Å². The molecule has 3 fully saturated rings. The van der Waals surface area contributed by atoms with Gasteiger partial charge >= 0.3 is 0 Å². The maximum atomic E-state index is 13.4. The highest BCUT2D eigenvalue weighted by molar-refractivity contribution is 5.97. The van der Waals surface area contributed by atoms with Crippen molar-refractivity contribution in [3.63, 3.8) is 0 Å². The average Bonchev–Trinajstić information content (AvgIpc) is 2.60. The first-order valence-corrected chi connectivity index (χ1v) is 8.62. The lowest BCUT2D eigenvalue weighted by atomic mass is 9.76. The number of hydrogen-bond acceptors (Lipinski definition) is 2. The molecule has 1 unspecified atom stereocenters. The maximum Gasteiger partial charge on any atom is 0.254 e. The quantitative estimate of drug-likeness (QED) is 0.745. The Hall–Kier alpha value is -1.35. The van der Waals surface area contributed by atoms with Gasteiger partial charge in [0.1, 0.15) is 0 Å². The molecule has 116 valence electrons. The molecule has 4 aliphatic heterocycles. The highest BCUT2D eigenvalue weighted by atomic mass is 16.2. The number of piperidine rings is 3. The van der Waals surface area contributed by atoms with Gasteiger partial charge in [0.25, 0.3) is 5.91 Å². The van der Waals surface area contributed by atoms with Gasteiger partial charge in [0.05, 0.1) is 4.11 Å². The van der Waals surface area contributed by atoms with Crippen LogP contribution in [0.15, 0.2) is 18.2 Å². The van der Waals surface area contributed by atoms with E-state index in [1.54, 1.807) is 0 Å². The van der Waals surface area contributed by atoms with Crippen LogP contribution >= 0.6 is 0 Å². The molecule has 5 aliphatic rings. The first-order chi connectivity index (χ1) is 11.9. The van der Waals surface area contributed by atoms with Crippen molar-refractivity contribution in [2.24, 2.45) is 5.92 Å². The Morgan fingerprint density at radius 3 is 2.86 bits per heavy atom. The number of rotatable bonds is 1. The Kier molecular flexibility index (Phi) is 2.29. The summed E-state index contributed by atoms with van der Waals surface area (Å²) in [4.78, 5) is 17.0. The number of carbonyl (C=O) groups excluding carboxylic acids is 1. The fourth-order valence-electron chi connectivity index (χ4n) is 4.78.